The number of nitrogens with two attached hydrogens (primary N) is 3. The first kappa shape index (κ1) is 56.3. The molecule has 72 heavy (non-hydrogen) atoms. The quantitative estimate of drug-likeness (QED) is 0.0395. The number of para-hydroxylation sites is 1. The van der Waals surface area contributed by atoms with Gasteiger partial charge in [-0.15, -0.1) is 0 Å². The van der Waals surface area contributed by atoms with Crippen LogP contribution in [0.2, 0.25) is 0 Å². The number of primary amides is 2. The van der Waals surface area contributed by atoms with Crippen molar-refractivity contribution in [3.8, 4) is 0 Å². The molecule has 390 valence electrons. The summed E-state index contributed by atoms with van der Waals surface area (Å²) in [6, 6.07) is 5.52. The Morgan fingerprint density at radius 2 is 1.38 bits per heavy atom. The molecule has 18 N–H and O–H groups in total. The number of rotatable bonds is 16. The standard InChI is InChI=1S/C47H67N15O10/c1-26-40(66)60-35(22-28-12-4-3-5-13-28)44(70)59-34(18-11-21-54-47(51)72)42(68)61-36(23-29-25-55-31-15-7-6-14-30(29)31)45(71)58-32(39(48)65)16-8-9-19-52-38(64)24-37(43(69)56-26)62-41(67)33(57-27(2)63)17-10-20-53-46(49)50/h3-7,12-15,25-26,32-37,55H,8-11,16-24H2,1-2H3,(H2,48,65)(H,52,64)(H,56,69)(H,57,63)(H,58,71)(H,59,70)(H,60,66)(H,61,68)(H,62,67)(H4,49,50,53)(H3,51,54,72)/t26-,32?,33-,34-,35+,36-,37-/m0/s1. The molecule has 11 amide bonds. The van der Waals surface area contributed by atoms with Crippen molar-refractivity contribution in [1.82, 2.24) is 58.2 Å². The zero-order chi connectivity index (χ0) is 52.7. The predicted octanol–water partition coefficient (Wildman–Crippen LogP) is -2.73. The minimum Gasteiger partial charge on any atom is -0.370 e. The van der Waals surface area contributed by atoms with Gasteiger partial charge in [-0.3, -0.25) is 48.6 Å². The third-order valence-corrected chi connectivity index (χ3v) is 11.6. The van der Waals surface area contributed by atoms with Crippen molar-refractivity contribution in [2.75, 3.05) is 19.6 Å². The Kier molecular flexibility index (Phi) is 22.2. The van der Waals surface area contributed by atoms with E-state index in [2.05, 4.69) is 58.2 Å². The van der Waals surface area contributed by atoms with Gasteiger partial charge in [-0.1, -0.05) is 48.5 Å². The Labute approximate surface area is 415 Å². The lowest BCUT2D eigenvalue weighted by molar-refractivity contribution is -0.136. The van der Waals surface area contributed by atoms with Crippen molar-refractivity contribution in [1.29, 1.82) is 5.41 Å². The molecule has 1 saturated heterocycles. The van der Waals surface area contributed by atoms with E-state index in [-0.39, 0.29) is 83.4 Å². The maximum atomic E-state index is 14.4. The van der Waals surface area contributed by atoms with Crippen LogP contribution < -0.4 is 70.4 Å². The number of aromatic amines is 1. The monoisotopic (exact) mass is 1000 g/mol. The van der Waals surface area contributed by atoms with Gasteiger partial charge in [0.1, 0.15) is 42.3 Å². The minimum atomic E-state index is -1.60. The second-order valence-corrected chi connectivity index (χ2v) is 17.4. The number of carbonyl (C=O) groups excluding carboxylic acids is 10. The molecule has 0 saturated carbocycles. The molecule has 1 aromatic heterocycles. The van der Waals surface area contributed by atoms with Gasteiger partial charge in [-0.25, -0.2) is 4.79 Å². The summed E-state index contributed by atoms with van der Waals surface area (Å²) in [4.78, 5) is 137. The van der Waals surface area contributed by atoms with E-state index in [0.29, 0.717) is 11.1 Å². The second-order valence-electron chi connectivity index (χ2n) is 17.4. The zero-order valence-electron chi connectivity index (χ0n) is 40.3. The van der Waals surface area contributed by atoms with Crippen molar-refractivity contribution in [3.05, 3.63) is 71.9 Å². The van der Waals surface area contributed by atoms with Crippen LogP contribution in [0, 0.1) is 5.41 Å². The Morgan fingerprint density at radius 1 is 0.736 bits per heavy atom. The summed E-state index contributed by atoms with van der Waals surface area (Å²) < 4.78 is 0. The molecule has 1 fully saturated rings. The highest BCUT2D eigenvalue weighted by Crippen LogP contribution is 2.20. The summed E-state index contributed by atoms with van der Waals surface area (Å²) in [5, 5.41) is 34.1. The molecule has 0 bridgehead atoms. The molecule has 4 rings (SSSR count). The van der Waals surface area contributed by atoms with E-state index in [1.807, 2.05) is 18.2 Å². The number of carbonyl (C=O) groups is 10. The lowest BCUT2D eigenvalue weighted by Gasteiger charge is -2.27. The number of H-pyrrole nitrogens is 1. The lowest BCUT2D eigenvalue weighted by Crippen LogP contribution is -2.60. The fraction of sp³-hybridized carbons (Fsp3) is 0.468. The molecule has 3 aromatic rings. The molecule has 2 aromatic carbocycles. The third kappa shape index (κ3) is 18.9. The highest BCUT2D eigenvalue weighted by Gasteiger charge is 2.34. The topological polar surface area (TPSA) is 409 Å². The number of benzene rings is 2. The van der Waals surface area contributed by atoms with E-state index < -0.39 is 108 Å². The summed E-state index contributed by atoms with van der Waals surface area (Å²) in [6.45, 7) is 2.71. The van der Waals surface area contributed by atoms with Crippen LogP contribution >= 0.6 is 0 Å². The zero-order valence-corrected chi connectivity index (χ0v) is 40.3. The molecule has 0 spiro atoms. The first-order valence-corrected chi connectivity index (χ1v) is 23.7. The number of amides is 11. The molecule has 7 atom stereocenters. The summed E-state index contributed by atoms with van der Waals surface area (Å²) >= 11 is 0. The average Bonchev–Trinajstić information content (AvgIpc) is 3.74. The van der Waals surface area contributed by atoms with Gasteiger partial charge >= 0.3 is 6.03 Å². The highest BCUT2D eigenvalue weighted by atomic mass is 16.2. The first-order chi connectivity index (χ1) is 34.3. The van der Waals surface area contributed by atoms with Crippen LogP contribution in [0.4, 0.5) is 4.79 Å². The molecule has 0 aliphatic carbocycles. The molecule has 25 nitrogen and oxygen atoms in total. The van der Waals surface area contributed by atoms with E-state index >= 15 is 0 Å². The van der Waals surface area contributed by atoms with Crippen LogP contribution in [0.5, 0.6) is 0 Å². The fourth-order valence-electron chi connectivity index (χ4n) is 7.84. The minimum absolute atomic E-state index is 0.00495. The van der Waals surface area contributed by atoms with Crippen LogP contribution in [0.15, 0.2) is 60.8 Å². The SMILES string of the molecule is CC(=O)N[C@@H](CCCNC(=N)N)C(=O)N[C@H]1CC(=O)NCCCCC(C(N)=O)NC(=O)[C@H](Cc2c[nH]c3ccccc23)NC(=O)[C@H](CCCNC(N)=O)NC(=O)[C@@H](Cc2ccccc2)NC(=O)[C@H](C)NC1=O. The van der Waals surface area contributed by atoms with Gasteiger partial charge < -0.3 is 75.4 Å². The van der Waals surface area contributed by atoms with Gasteiger partial charge in [-0.2, -0.15) is 0 Å². The Balaban J connectivity index is 1.71. The van der Waals surface area contributed by atoms with Crippen molar-refractivity contribution >= 4 is 76.1 Å². The van der Waals surface area contributed by atoms with Gasteiger partial charge in [0.25, 0.3) is 0 Å². The van der Waals surface area contributed by atoms with Crippen LogP contribution in [0.1, 0.15) is 76.3 Å². The van der Waals surface area contributed by atoms with Gasteiger partial charge in [0.15, 0.2) is 5.96 Å². The van der Waals surface area contributed by atoms with Gasteiger partial charge in [0.2, 0.25) is 53.2 Å². The molecular formula is C47H67N15O10. The number of aromatic nitrogens is 1. The molecular weight excluding hydrogens is 935 g/mol. The van der Waals surface area contributed by atoms with E-state index in [9.17, 15) is 47.9 Å². The van der Waals surface area contributed by atoms with Crippen molar-refractivity contribution in [2.24, 2.45) is 17.2 Å². The summed E-state index contributed by atoms with van der Waals surface area (Å²) in [5.41, 5.74) is 18.4. The van der Waals surface area contributed by atoms with E-state index in [1.165, 1.54) is 13.8 Å². The Bertz CT molecular complexity index is 2410. The Hall–Kier alpha value is -8.25. The van der Waals surface area contributed by atoms with Crippen molar-refractivity contribution < 1.29 is 47.9 Å². The average molecular weight is 1000 g/mol. The largest absolute Gasteiger partial charge is 0.370 e. The lowest BCUT2D eigenvalue weighted by atomic mass is 10.0. The predicted molar refractivity (Wildman–Crippen MR) is 264 cm³/mol. The Morgan fingerprint density at radius 3 is 2.07 bits per heavy atom. The van der Waals surface area contributed by atoms with Crippen LogP contribution in [-0.4, -0.2) is 132 Å². The van der Waals surface area contributed by atoms with Gasteiger partial charge in [0, 0.05) is 56.5 Å². The molecule has 2 heterocycles. The van der Waals surface area contributed by atoms with Crippen molar-refractivity contribution in [3.63, 3.8) is 0 Å². The number of hydrogen-bond donors (Lipinski definition) is 15. The van der Waals surface area contributed by atoms with E-state index in [1.54, 1.807) is 42.6 Å². The van der Waals surface area contributed by atoms with Crippen LogP contribution in [-0.2, 0) is 56.0 Å². The number of hydrogen-bond acceptors (Lipinski definition) is 11. The van der Waals surface area contributed by atoms with E-state index in [0.717, 1.165) is 10.9 Å². The molecule has 1 unspecified atom stereocenters. The van der Waals surface area contributed by atoms with Gasteiger partial charge in [0.05, 0.1) is 6.42 Å². The van der Waals surface area contributed by atoms with Gasteiger partial charge in [-0.05, 0) is 69.1 Å². The number of urea groups is 1. The van der Waals surface area contributed by atoms with Crippen LogP contribution in [0.25, 0.3) is 10.9 Å². The second kappa shape index (κ2) is 28.4. The highest BCUT2D eigenvalue weighted by molar-refractivity contribution is 5.99. The molecule has 0 radical (unpaired) electrons. The summed E-state index contributed by atoms with van der Waals surface area (Å²) in [6.07, 6.45) is 1.71. The molecule has 25 heteroatoms. The van der Waals surface area contributed by atoms with Crippen molar-refractivity contribution in [2.45, 2.75) is 120 Å². The van der Waals surface area contributed by atoms with E-state index in [4.69, 9.17) is 22.6 Å². The molecule has 1 aliphatic heterocycles. The maximum Gasteiger partial charge on any atom is 0.312 e. The van der Waals surface area contributed by atoms with Crippen LogP contribution in [0.3, 0.4) is 0 Å². The number of guanidine groups is 1. The normalized spacial score (nSPS) is 21.5. The first-order valence-electron chi connectivity index (χ1n) is 23.7. The third-order valence-electron chi connectivity index (χ3n) is 11.6. The summed E-state index contributed by atoms with van der Waals surface area (Å²) in [5.74, 6) is -7.54. The maximum absolute atomic E-state index is 14.4. The molecule has 1 aliphatic rings. The smallest absolute Gasteiger partial charge is 0.312 e. The number of nitrogens with one attached hydrogen (secondary N) is 12. The summed E-state index contributed by atoms with van der Waals surface area (Å²) in [7, 11) is 0. The number of fused-ring (bicyclic) bond motifs is 1. The fourth-order valence-corrected chi connectivity index (χ4v) is 7.84.